The molecule has 7 heavy (non-hydrogen) atoms. The molecule has 0 spiro atoms. The zero-order chi connectivity index (χ0) is 3.58. The topological polar surface area (TPSA) is 69.2 Å². The molecule has 0 fully saturated rings. The zero-order valence-corrected chi connectivity index (χ0v) is 12.2. The summed E-state index contributed by atoms with van der Waals surface area (Å²) < 4.78 is 0. The molecule has 0 aliphatic rings. The molecule has 0 aromatic carbocycles. The van der Waals surface area contributed by atoms with Crippen LogP contribution in [-0.4, -0.2) is 52.8 Å². The predicted octanol–water partition coefficient (Wildman–Crippen LogP) is -4.33. The Labute approximate surface area is 145 Å². The van der Waals surface area contributed by atoms with Crippen molar-refractivity contribution in [2.75, 3.05) is 0 Å². The van der Waals surface area contributed by atoms with Crippen LogP contribution in [0, 0.1) is 49.4 Å². The van der Waals surface area contributed by atoms with E-state index in [-0.39, 0.29) is 128 Å². The molecule has 28 valence electrons. The van der Waals surface area contributed by atoms with Gasteiger partial charge >= 0.3 is 128 Å². The Morgan fingerprint density at radius 1 is 1.00 bits per heavy atom. The van der Waals surface area contributed by atoms with E-state index in [0.717, 1.165) is 0 Å². The van der Waals surface area contributed by atoms with Crippen molar-refractivity contribution >= 4 is 52.8 Å². The molecule has 0 saturated carbocycles. The Kier molecular flexibility index (Phi) is 53.3. The van der Waals surface area contributed by atoms with Crippen LogP contribution in [0.2, 0.25) is 0 Å². The van der Waals surface area contributed by atoms with Crippen molar-refractivity contribution in [1.82, 2.24) is 0 Å². The minimum Gasteiger partial charge on any atom is -0.907 e. The third kappa shape index (κ3) is 39.3. The van der Waals surface area contributed by atoms with Gasteiger partial charge in [-0.15, -0.1) is 0 Å². The van der Waals surface area contributed by atoms with E-state index in [1.165, 1.54) is 0 Å². The van der Waals surface area contributed by atoms with E-state index in [4.69, 9.17) is 15.1 Å². The molecule has 7 heteroatoms. The van der Waals surface area contributed by atoms with Crippen LogP contribution in [0.5, 0.6) is 0 Å². The Bertz CT molecular complexity index is 19.7. The second-order valence-corrected chi connectivity index (χ2v) is 0.289. The van der Waals surface area contributed by atoms with Gasteiger partial charge in [-0.2, -0.15) is 0 Å². The van der Waals surface area contributed by atoms with Gasteiger partial charge in [0.1, 0.15) is 0 Å². The minimum atomic E-state index is -2.92. The average Bonchev–Trinajstić information content (AvgIpc) is 0.811. The van der Waals surface area contributed by atoms with E-state index in [0.29, 0.717) is 0 Å². The van der Waals surface area contributed by atoms with E-state index in [9.17, 15) is 0 Å². The summed E-state index contributed by atoms with van der Waals surface area (Å²) in [6.45, 7) is 0. The van der Waals surface area contributed by atoms with Gasteiger partial charge in [-0.25, -0.2) is 0 Å². The van der Waals surface area contributed by atoms with Gasteiger partial charge in [0.15, 0.2) is 0 Å². The van der Waals surface area contributed by atoms with Crippen molar-refractivity contribution in [2.24, 2.45) is 0 Å². The van der Waals surface area contributed by atoms with Crippen LogP contribution in [0.25, 0.3) is 0 Å². The molecule has 0 unspecified atom stereocenters. The van der Waals surface area contributed by atoms with Gasteiger partial charge in [0.2, 0.25) is 0 Å². The zero-order valence-electron chi connectivity index (χ0n) is 3.46. The minimum absolute atomic E-state index is 0. The Morgan fingerprint density at radius 2 is 1.00 bits per heavy atom. The SMILES string of the molecule is [Eu+3].[O-]B([O-])[O-].[Sr+2].[Y+3]. The van der Waals surface area contributed by atoms with Crippen LogP contribution in [0.4, 0.5) is 0 Å². The molecular weight excluding hydrogens is 387 g/mol. The molecule has 0 aliphatic carbocycles. The van der Waals surface area contributed by atoms with Crippen LogP contribution in [0.3, 0.4) is 0 Å². The van der Waals surface area contributed by atoms with Gasteiger partial charge < -0.3 is 15.1 Å². The second-order valence-electron chi connectivity index (χ2n) is 0.289. The first-order valence-corrected chi connectivity index (χ1v) is 0.707. The van der Waals surface area contributed by atoms with Gasteiger partial charge in [-0.05, 0) is 0 Å². The Hall–Kier alpha value is 4.11. The molecule has 0 bridgehead atoms. The fourth-order valence-corrected chi connectivity index (χ4v) is 0. The Morgan fingerprint density at radius 3 is 1.00 bits per heavy atom. The molecule has 0 aromatic heterocycles. The molecule has 0 N–H and O–H groups in total. The average molecular weight is 387 g/mol. The summed E-state index contributed by atoms with van der Waals surface area (Å²) in [6, 6.07) is 0. The van der Waals surface area contributed by atoms with Crippen molar-refractivity contribution in [3.63, 3.8) is 0 Å². The van der Waals surface area contributed by atoms with Crippen molar-refractivity contribution in [3.05, 3.63) is 0 Å². The first-order chi connectivity index (χ1) is 1.73. The molecule has 0 heterocycles. The van der Waals surface area contributed by atoms with Crippen molar-refractivity contribution < 1.29 is 97.2 Å². The van der Waals surface area contributed by atoms with Gasteiger partial charge in [-0.1, -0.05) is 0 Å². The van der Waals surface area contributed by atoms with Crippen LogP contribution in [0.1, 0.15) is 0 Å². The molecule has 0 aromatic rings. The van der Waals surface area contributed by atoms with Crippen LogP contribution < -0.4 is 15.1 Å². The summed E-state index contributed by atoms with van der Waals surface area (Å²) in [5.74, 6) is 0. The quantitative estimate of drug-likeness (QED) is 0.395. The molecule has 0 amide bonds. The van der Waals surface area contributed by atoms with E-state index in [2.05, 4.69) is 0 Å². The Balaban J connectivity index is -0.0000000150. The van der Waals surface area contributed by atoms with Gasteiger partial charge in [0.05, 0.1) is 0 Å². The van der Waals surface area contributed by atoms with E-state index in [1.807, 2.05) is 0 Å². The monoisotopic (exact) mass is 389 g/mol. The normalized spacial score (nSPS) is 3.86. The molecule has 0 atom stereocenters. The van der Waals surface area contributed by atoms with Gasteiger partial charge in [0.25, 0.3) is 0 Å². The summed E-state index contributed by atoms with van der Waals surface area (Å²) in [4.78, 5) is 0. The molecular formula is BEuO3SrY+5. The molecule has 3 nitrogen and oxygen atoms in total. The number of hydrogen-bond donors (Lipinski definition) is 0. The summed E-state index contributed by atoms with van der Waals surface area (Å²) in [7, 11) is -2.92. The molecule has 0 rings (SSSR count). The van der Waals surface area contributed by atoms with Crippen molar-refractivity contribution in [2.45, 2.75) is 0 Å². The van der Waals surface area contributed by atoms with Crippen LogP contribution in [-0.2, 0) is 32.7 Å². The summed E-state index contributed by atoms with van der Waals surface area (Å²) in [6.07, 6.45) is 0. The molecule has 0 saturated heterocycles. The van der Waals surface area contributed by atoms with Crippen molar-refractivity contribution in [1.29, 1.82) is 0 Å². The third-order valence-corrected chi connectivity index (χ3v) is 0. The van der Waals surface area contributed by atoms with Gasteiger partial charge in [-0.3, -0.25) is 7.32 Å². The fourth-order valence-electron chi connectivity index (χ4n) is 0. The predicted molar refractivity (Wildman–Crippen MR) is 11.5 cm³/mol. The largest absolute Gasteiger partial charge is 3.00 e. The standard InChI is InChI=1S/BO3.Eu.Sr.Y/c2-1(3)4;;;/q-3;+3;+2;+3. The van der Waals surface area contributed by atoms with Crippen molar-refractivity contribution in [3.8, 4) is 0 Å². The third-order valence-electron chi connectivity index (χ3n) is 0. The first kappa shape index (κ1) is 22.5. The number of rotatable bonds is 0. The maximum Gasteiger partial charge on any atom is 3.00 e. The van der Waals surface area contributed by atoms with E-state index < -0.39 is 7.32 Å². The summed E-state index contributed by atoms with van der Waals surface area (Å²) in [5.41, 5.74) is 0. The fraction of sp³-hybridized carbons (Fsp3) is 0. The summed E-state index contributed by atoms with van der Waals surface area (Å²) >= 11 is 0. The molecule has 0 radical (unpaired) electrons. The second kappa shape index (κ2) is 16.6. The van der Waals surface area contributed by atoms with Gasteiger partial charge in [0, 0.05) is 0 Å². The smallest absolute Gasteiger partial charge is 0.907 e. The maximum absolute atomic E-state index is 8.42. The first-order valence-electron chi connectivity index (χ1n) is 0.707. The molecule has 0 aliphatic heterocycles. The number of hydrogen-bond acceptors (Lipinski definition) is 3. The van der Waals surface area contributed by atoms with E-state index >= 15 is 0 Å². The van der Waals surface area contributed by atoms with Crippen LogP contribution in [0.15, 0.2) is 0 Å². The van der Waals surface area contributed by atoms with E-state index in [1.54, 1.807) is 0 Å². The summed E-state index contributed by atoms with van der Waals surface area (Å²) in [5, 5.41) is 25.2. The van der Waals surface area contributed by atoms with Crippen LogP contribution >= 0.6 is 0 Å². The maximum atomic E-state index is 8.42.